The number of aliphatic hydroxyl groups excluding tert-OH is 1. The van der Waals surface area contributed by atoms with Gasteiger partial charge in [0.1, 0.15) is 11.9 Å². The molecule has 3 aromatic rings. The monoisotopic (exact) mass is 449 g/mol. The topological polar surface area (TPSA) is 58.6 Å². The fraction of sp³-hybridized carbons (Fsp3) is 0.136. The second-order valence-corrected chi connectivity index (χ2v) is 7.65. The summed E-state index contributed by atoms with van der Waals surface area (Å²) in [5.74, 6) is -0.0563. The predicted octanol–water partition coefficient (Wildman–Crippen LogP) is 6.13. The SMILES string of the molecule is CC(Oc1ccc(Cl)cc1Cl)C(=O)Nc1ccc(Cl)cc1C(O)c1ccccc1. The van der Waals surface area contributed by atoms with Gasteiger partial charge in [0, 0.05) is 21.3 Å². The van der Waals surface area contributed by atoms with Crippen LogP contribution in [0.2, 0.25) is 15.1 Å². The zero-order chi connectivity index (χ0) is 21.0. The number of benzene rings is 3. The number of nitrogens with one attached hydrogen (secondary N) is 1. The number of hydrogen-bond acceptors (Lipinski definition) is 3. The van der Waals surface area contributed by atoms with Gasteiger partial charge in [0.2, 0.25) is 0 Å². The van der Waals surface area contributed by atoms with Gasteiger partial charge in [0.15, 0.2) is 6.10 Å². The molecule has 3 rings (SSSR count). The highest BCUT2D eigenvalue weighted by atomic mass is 35.5. The quantitative estimate of drug-likeness (QED) is 0.474. The summed E-state index contributed by atoms with van der Waals surface area (Å²) in [7, 11) is 0. The maximum absolute atomic E-state index is 12.7. The van der Waals surface area contributed by atoms with E-state index >= 15 is 0 Å². The first kappa shape index (κ1) is 21.5. The smallest absolute Gasteiger partial charge is 0.265 e. The molecule has 0 aliphatic heterocycles. The normalized spacial score (nSPS) is 12.9. The molecule has 0 saturated heterocycles. The molecule has 7 heteroatoms. The number of carbonyl (C=O) groups excluding carboxylic acids is 1. The third-order valence-electron chi connectivity index (χ3n) is 4.25. The molecule has 2 N–H and O–H groups in total. The highest BCUT2D eigenvalue weighted by molar-refractivity contribution is 6.35. The van der Waals surface area contributed by atoms with Crippen LogP contribution in [0.3, 0.4) is 0 Å². The number of aliphatic hydroxyl groups is 1. The van der Waals surface area contributed by atoms with Crippen LogP contribution in [-0.2, 0) is 4.79 Å². The van der Waals surface area contributed by atoms with E-state index in [1.807, 2.05) is 18.2 Å². The summed E-state index contributed by atoms with van der Waals surface area (Å²) in [6.45, 7) is 1.60. The molecule has 29 heavy (non-hydrogen) atoms. The van der Waals surface area contributed by atoms with Gasteiger partial charge in [-0.05, 0) is 48.9 Å². The van der Waals surface area contributed by atoms with Crippen LogP contribution >= 0.6 is 34.8 Å². The molecular weight excluding hydrogens is 433 g/mol. The van der Waals surface area contributed by atoms with Gasteiger partial charge in [-0.15, -0.1) is 0 Å². The Kier molecular flexibility index (Phi) is 7.04. The van der Waals surface area contributed by atoms with E-state index in [9.17, 15) is 9.90 Å². The molecule has 2 atom stereocenters. The molecule has 0 heterocycles. The van der Waals surface area contributed by atoms with Crippen molar-refractivity contribution in [3.63, 3.8) is 0 Å². The molecule has 0 radical (unpaired) electrons. The van der Waals surface area contributed by atoms with Crippen molar-refractivity contribution in [2.24, 2.45) is 0 Å². The summed E-state index contributed by atoms with van der Waals surface area (Å²) in [5.41, 5.74) is 1.60. The first-order valence-corrected chi connectivity index (χ1v) is 9.93. The standard InChI is InChI=1S/C22H18Cl3NO3/c1-13(29-20-10-8-16(24)12-18(20)25)22(28)26-19-9-7-15(23)11-17(19)21(27)14-5-3-2-4-6-14/h2-13,21,27H,1H3,(H,26,28). The Hall–Kier alpha value is -2.24. The van der Waals surface area contributed by atoms with Crippen LogP contribution in [-0.4, -0.2) is 17.1 Å². The fourth-order valence-electron chi connectivity index (χ4n) is 2.74. The van der Waals surface area contributed by atoms with Gasteiger partial charge in [-0.1, -0.05) is 65.1 Å². The summed E-state index contributed by atoms with van der Waals surface area (Å²) >= 11 is 18.1. The minimum Gasteiger partial charge on any atom is -0.479 e. The molecule has 0 saturated carbocycles. The Morgan fingerprint density at radius 2 is 1.62 bits per heavy atom. The molecule has 1 amide bonds. The molecule has 150 valence electrons. The second-order valence-electron chi connectivity index (χ2n) is 6.37. The van der Waals surface area contributed by atoms with Gasteiger partial charge >= 0.3 is 0 Å². The van der Waals surface area contributed by atoms with Gasteiger partial charge < -0.3 is 15.2 Å². The molecule has 3 aromatic carbocycles. The van der Waals surface area contributed by atoms with Crippen molar-refractivity contribution >= 4 is 46.4 Å². The number of hydrogen-bond donors (Lipinski definition) is 2. The first-order chi connectivity index (χ1) is 13.8. The van der Waals surface area contributed by atoms with E-state index in [-0.39, 0.29) is 0 Å². The Bertz CT molecular complexity index is 1010. The minimum absolute atomic E-state index is 0.309. The van der Waals surface area contributed by atoms with Crippen molar-refractivity contribution in [1.29, 1.82) is 0 Å². The lowest BCUT2D eigenvalue weighted by atomic mass is 10.00. The van der Waals surface area contributed by atoms with Crippen LogP contribution < -0.4 is 10.1 Å². The molecule has 0 aromatic heterocycles. The Morgan fingerprint density at radius 3 is 2.31 bits per heavy atom. The number of rotatable bonds is 6. The van der Waals surface area contributed by atoms with Crippen LogP contribution in [0.1, 0.15) is 24.2 Å². The van der Waals surface area contributed by atoms with Crippen molar-refractivity contribution in [2.45, 2.75) is 19.1 Å². The summed E-state index contributed by atoms with van der Waals surface area (Å²) in [5, 5.41) is 14.8. The number of ether oxygens (including phenoxy) is 1. The van der Waals surface area contributed by atoms with Crippen LogP contribution in [0.4, 0.5) is 5.69 Å². The Morgan fingerprint density at radius 1 is 0.966 bits per heavy atom. The van der Waals surface area contributed by atoms with Crippen LogP contribution in [0.25, 0.3) is 0 Å². The highest BCUT2D eigenvalue weighted by Gasteiger charge is 2.21. The molecule has 0 spiro atoms. The summed E-state index contributed by atoms with van der Waals surface area (Å²) < 4.78 is 5.65. The molecular formula is C22H18Cl3NO3. The van der Waals surface area contributed by atoms with E-state index < -0.39 is 18.1 Å². The Labute approximate surface area is 184 Å². The molecule has 0 bridgehead atoms. The molecule has 0 fully saturated rings. The average molecular weight is 451 g/mol. The number of carbonyl (C=O) groups is 1. The van der Waals surface area contributed by atoms with Crippen molar-refractivity contribution in [3.8, 4) is 5.75 Å². The molecule has 2 unspecified atom stereocenters. The van der Waals surface area contributed by atoms with E-state index in [0.29, 0.717) is 37.6 Å². The lowest BCUT2D eigenvalue weighted by Crippen LogP contribution is -2.30. The predicted molar refractivity (Wildman–Crippen MR) is 117 cm³/mol. The summed E-state index contributed by atoms with van der Waals surface area (Å²) in [4.78, 5) is 12.7. The van der Waals surface area contributed by atoms with E-state index in [4.69, 9.17) is 39.5 Å². The van der Waals surface area contributed by atoms with Gasteiger partial charge in [-0.2, -0.15) is 0 Å². The third kappa shape index (κ3) is 5.43. The van der Waals surface area contributed by atoms with E-state index in [2.05, 4.69) is 5.32 Å². The van der Waals surface area contributed by atoms with Gasteiger partial charge in [-0.25, -0.2) is 0 Å². The lowest BCUT2D eigenvalue weighted by molar-refractivity contribution is -0.122. The van der Waals surface area contributed by atoms with E-state index in [1.54, 1.807) is 49.4 Å². The van der Waals surface area contributed by atoms with E-state index in [0.717, 1.165) is 0 Å². The minimum atomic E-state index is -0.952. The maximum Gasteiger partial charge on any atom is 0.265 e. The van der Waals surface area contributed by atoms with Crippen LogP contribution in [0, 0.1) is 0 Å². The third-order valence-corrected chi connectivity index (χ3v) is 5.01. The largest absolute Gasteiger partial charge is 0.479 e. The van der Waals surface area contributed by atoms with Crippen molar-refractivity contribution in [2.75, 3.05) is 5.32 Å². The maximum atomic E-state index is 12.7. The number of anilines is 1. The van der Waals surface area contributed by atoms with Gasteiger partial charge in [0.25, 0.3) is 5.91 Å². The number of amides is 1. The zero-order valence-electron chi connectivity index (χ0n) is 15.4. The highest BCUT2D eigenvalue weighted by Crippen LogP contribution is 2.32. The van der Waals surface area contributed by atoms with Gasteiger partial charge in [-0.3, -0.25) is 4.79 Å². The first-order valence-electron chi connectivity index (χ1n) is 8.80. The second kappa shape index (κ2) is 9.51. The number of halogens is 3. The molecule has 4 nitrogen and oxygen atoms in total. The molecule has 0 aliphatic rings. The summed E-state index contributed by atoms with van der Waals surface area (Å²) in [6, 6.07) is 18.8. The van der Waals surface area contributed by atoms with Gasteiger partial charge in [0.05, 0.1) is 5.02 Å². The van der Waals surface area contributed by atoms with E-state index in [1.165, 1.54) is 6.07 Å². The zero-order valence-corrected chi connectivity index (χ0v) is 17.7. The average Bonchev–Trinajstić information content (AvgIpc) is 2.71. The van der Waals surface area contributed by atoms with Crippen molar-refractivity contribution in [3.05, 3.63) is 92.9 Å². The molecule has 0 aliphatic carbocycles. The van der Waals surface area contributed by atoms with Crippen molar-refractivity contribution in [1.82, 2.24) is 0 Å². The van der Waals surface area contributed by atoms with Crippen molar-refractivity contribution < 1.29 is 14.6 Å². The lowest BCUT2D eigenvalue weighted by Gasteiger charge is -2.20. The Balaban J connectivity index is 1.79. The summed E-state index contributed by atoms with van der Waals surface area (Å²) in [6.07, 6.45) is -1.79. The van der Waals surface area contributed by atoms with Crippen LogP contribution in [0.5, 0.6) is 5.75 Å². The fourth-order valence-corrected chi connectivity index (χ4v) is 3.37. The van der Waals surface area contributed by atoms with Crippen LogP contribution in [0.15, 0.2) is 66.7 Å².